The van der Waals surface area contributed by atoms with Crippen molar-refractivity contribution in [3.8, 4) is 11.4 Å². The van der Waals surface area contributed by atoms with Crippen molar-refractivity contribution in [1.82, 2.24) is 24.7 Å². The Morgan fingerprint density at radius 3 is 2.52 bits per heavy atom. The Balaban J connectivity index is 1.76. The fourth-order valence-corrected chi connectivity index (χ4v) is 3.01. The summed E-state index contributed by atoms with van der Waals surface area (Å²) in [5.74, 6) is 1.61. The Morgan fingerprint density at radius 2 is 1.74 bits per heavy atom. The molecular formula is C16H17ClN6. The van der Waals surface area contributed by atoms with E-state index in [4.69, 9.17) is 16.7 Å². The quantitative estimate of drug-likeness (QED) is 0.722. The van der Waals surface area contributed by atoms with Crippen molar-refractivity contribution in [3.05, 3.63) is 41.4 Å². The van der Waals surface area contributed by atoms with Crippen LogP contribution in [0.4, 0.5) is 5.82 Å². The van der Waals surface area contributed by atoms with E-state index in [1.165, 1.54) is 0 Å². The highest BCUT2D eigenvalue weighted by Crippen LogP contribution is 2.26. The van der Waals surface area contributed by atoms with Crippen LogP contribution in [0.5, 0.6) is 0 Å². The van der Waals surface area contributed by atoms with Gasteiger partial charge in [0.2, 0.25) is 0 Å². The van der Waals surface area contributed by atoms with Crippen LogP contribution in [-0.4, -0.2) is 57.9 Å². The van der Waals surface area contributed by atoms with E-state index in [0.717, 1.165) is 43.2 Å². The van der Waals surface area contributed by atoms with Crippen molar-refractivity contribution < 1.29 is 0 Å². The zero-order valence-corrected chi connectivity index (χ0v) is 13.6. The van der Waals surface area contributed by atoms with Gasteiger partial charge in [-0.25, -0.2) is 0 Å². The zero-order valence-electron chi connectivity index (χ0n) is 12.9. The fraction of sp³-hybridized carbons (Fsp3) is 0.312. The van der Waals surface area contributed by atoms with Crippen LogP contribution in [0.25, 0.3) is 17.0 Å². The van der Waals surface area contributed by atoms with E-state index < -0.39 is 0 Å². The summed E-state index contributed by atoms with van der Waals surface area (Å²) < 4.78 is 1.77. The minimum Gasteiger partial charge on any atom is -0.353 e. The lowest BCUT2D eigenvalue weighted by Crippen LogP contribution is -2.44. The number of piperazine rings is 1. The molecule has 0 radical (unpaired) electrons. The number of nitrogens with zero attached hydrogens (tertiary/aromatic N) is 6. The Kier molecular flexibility index (Phi) is 3.63. The molecule has 0 spiro atoms. The maximum absolute atomic E-state index is 6.30. The summed E-state index contributed by atoms with van der Waals surface area (Å²) in [6, 6.07) is 11.6. The van der Waals surface area contributed by atoms with E-state index >= 15 is 0 Å². The average Bonchev–Trinajstić information content (AvgIpc) is 2.99. The molecule has 3 aromatic rings. The maximum Gasteiger partial charge on any atom is 0.186 e. The molecule has 0 bridgehead atoms. The molecule has 1 aromatic carbocycles. The smallest absolute Gasteiger partial charge is 0.186 e. The van der Waals surface area contributed by atoms with E-state index in [1.54, 1.807) is 4.52 Å². The summed E-state index contributed by atoms with van der Waals surface area (Å²) >= 11 is 6.30. The van der Waals surface area contributed by atoms with Crippen LogP contribution in [0.3, 0.4) is 0 Å². The Bertz CT molecular complexity index is 837. The SMILES string of the molecule is CN1CCN(c2ccc3nnc(-c4ccccc4Cl)n3n2)CC1. The first-order valence-electron chi connectivity index (χ1n) is 7.63. The van der Waals surface area contributed by atoms with Gasteiger partial charge in [-0.05, 0) is 31.3 Å². The molecule has 0 atom stereocenters. The lowest BCUT2D eigenvalue weighted by molar-refractivity contribution is 0.311. The molecule has 0 saturated carbocycles. The molecule has 1 aliphatic heterocycles. The van der Waals surface area contributed by atoms with E-state index in [0.29, 0.717) is 10.8 Å². The number of hydrogen-bond acceptors (Lipinski definition) is 5. The van der Waals surface area contributed by atoms with E-state index in [9.17, 15) is 0 Å². The van der Waals surface area contributed by atoms with E-state index in [-0.39, 0.29) is 0 Å². The molecule has 2 aromatic heterocycles. The molecule has 1 saturated heterocycles. The monoisotopic (exact) mass is 328 g/mol. The lowest BCUT2D eigenvalue weighted by Gasteiger charge is -2.33. The van der Waals surface area contributed by atoms with Gasteiger partial charge in [0.1, 0.15) is 5.82 Å². The predicted octanol–water partition coefficient (Wildman–Crippen LogP) is 2.20. The highest BCUT2D eigenvalue weighted by molar-refractivity contribution is 6.33. The molecule has 23 heavy (non-hydrogen) atoms. The summed E-state index contributed by atoms with van der Waals surface area (Å²) in [6.07, 6.45) is 0. The topological polar surface area (TPSA) is 49.6 Å². The third-order valence-corrected chi connectivity index (χ3v) is 4.52. The molecule has 7 heteroatoms. The van der Waals surface area contributed by atoms with Gasteiger partial charge in [-0.2, -0.15) is 4.52 Å². The number of rotatable bonds is 2. The van der Waals surface area contributed by atoms with Crippen molar-refractivity contribution in [2.75, 3.05) is 38.1 Å². The van der Waals surface area contributed by atoms with Crippen LogP contribution < -0.4 is 4.90 Å². The van der Waals surface area contributed by atoms with Crippen molar-refractivity contribution in [2.24, 2.45) is 0 Å². The van der Waals surface area contributed by atoms with E-state index in [1.807, 2.05) is 36.4 Å². The summed E-state index contributed by atoms with van der Waals surface area (Å²) in [6.45, 7) is 4.02. The summed E-state index contributed by atoms with van der Waals surface area (Å²) in [7, 11) is 2.14. The van der Waals surface area contributed by atoms with Gasteiger partial charge >= 0.3 is 0 Å². The number of aromatic nitrogens is 4. The lowest BCUT2D eigenvalue weighted by atomic mass is 10.2. The van der Waals surface area contributed by atoms with Crippen molar-refractivity contribution >= 4 is 23.1 Å². The second kappa shape index (κ2) is 5.79. The van der Waals surface area contributed by atoms with Gasteiger partial charge in [-0.3, -0.25) is 0 Å². The molecule has 1 fully saturated rings. The molecule has 3 heterocycles. The first-order chi connectivity index (χ1) is 11.2. The van der Waals surface area contributed by atoms with Gasteiger partial charge in [0.25, 0.3) is 0 Å². The molecule has 1 aliphatic rings. The number of likely N-dealkylation sites (N-methyl/N-ethyl adjacent to an activating group) is 1. The second-order valence-electron chi connectivity index (χ2n) is 5.76. The summed E-state index contributed by atoms with van der Waals surface area (Å²) in [5.41, 5.74) is 1.56. The first-order valence-corrected chi connectivity index (χ1v) is 8.01. The van der Waals surface area contributed by atoms with Gasteiger partial charge in [-0.1, -0.05) is 23.7 Å². The number of fused-ring (bicyclic) bond motifs is 1. The Hall–Kier alpha value is -2.18. The average molecular weight is 329 g/mol. The molecule has 0 unspecified atom stereocenters. The van der Waals surface area contributed by atoms with Crippen LogP contribution in [0.2, 0.25) is 5.02 Å². The van der Waals surface area contributed by atoms with Gasteiger partial charge in [0.05, 0.1) is 5.02 Å². The van der Waals surface area contributed by atoms with Crippen LogP contribution in [-0.2, 0) is 0 Å². The van der Waals surface area contributed by atoms with E-state index in [2.05, 4.69) is 27.0 Å². The zero-order chi connectivity index (χ0) is 15.8. The highest BCUT2D eigenvalue weighted by Gasteiger charge is 2.18. The second-order valence-corrected chi connectivity index (χ2v) is 6.16. The standard InChI is InChI=1S/C16H17ClN6/c1-21-8-10-22(11-9-21)15-7-6-14-18-19-16(23(14)20-15)12-4-2-3-5-13(12)17/h2-7H,8-11H2,1H3. The molecule has 118 valence electrons. The van der Waals surface area contributed by atoms with Crippen molar-refractivity contribution in [2.45, 2.75) is 0 Å². The molecule has 4 rings (SSSR count). The van der Waals surface area contributed by atoms with Crippen molar-refractivity contribution in [3.63, 3.8) is 0 Å². The minimum absolute atomic E-state index is 0.647. The summed E-state index contributed by atoms with van der Waals surface area (Å²) in [4.78, 5) is 4.61. The third-order valence-electron chi connectivity index (χ3n) is 4.19. The Morgan fingerprint density at radius 1 is 0.957 bits per heavy atom. The Labute approximate surface area is 139 Å². The normalized spacial score (nSPS) is 16.2. The number of halogens is 1. The van der Waals surface area contributed by atoms with Gasteiger partial charge in [-0.15, -0.1) is 15.3 Å². The van der Waals surface area contributed by atoms with Crippen LogP contribution in [0.1, 0.15) is 0 Å². The molecule has 0 amide bonds. The largest absolute Gasteiger partial charge is 0.353 e. The fourth-order valence-electron chi connectivity index (χ4n) is 2.79. The van der Waals surface area contributed by atoms with Gasteiger partial charge in [0, 0.05) is 31.7 Å². The molecule has 0 N–H and O–H groups in total. The van der Waals surface area contributed by atoms with Crippen LogP contribution in [0, 0.1) is 0 Å². The van der Waals surface area contributed by atoms with Crippen LogP contribution in [0.15, 0.2) is 36.4 Å². The first kappa shape index (κ1) is 14.4. The van der Waals surface area contributed by atoms with Crippen molar-refractivity contribution in [1.29, 1.82) is 0 Å². The number of anilines is 1. The number of hydrogen-bond donors (Lipinski definition) is 0. The molecule has 0 aliphatic carbocycles. The predicted molar refractivity (Wildman–Crippen MR) is 90.9 cm³/mol. The maximum atomic E-state index is 6.30. The van der Waals surface area contributed by atoms with Gasteiger partial charge in [0.15, 0.2) is 11.5 Å². The highest BCUT2D eigenvalue weighted by atomic mass is 35.5. The summed E-state index contributed by atoms with van der Waals surface area (Å²) in [5, 5.41) is 13.9. The van der Waals surface area contributed by atoms with Crippen LogP contribution >= 0.6 is 11.6 Å². The minimum atomic E-state index is 0.647. The van der Waals surface area contributed by atoms with Gasteiger partial charge < -0.3 is 9.80 Å². The molecule has 6 nitrogen and oxygen atoms in total. The third kappa shape index (κ3) is 2.64. The number of benzene rings is 1. The molecular weight excluding hydrogens is 312 g/mol.